The monoisotopic (exact) mass is 229 g/mol. The minimum absolute atomic E-state index is 0.138. The zero-order chi connectivity index (χ0) is 12.2. The SMILES string of the molecule is COC(=O)C(C)(C)CN1CCC(OC)CC1. The number of hydrogen-bond donors (Lipinski definition) is 0. The summed E-state index contributed by atoms with van der Waals surface area (Å²) in [6.07, 6.45) is 2.49. The fourth-order valence-corrected chi connectivity index (χ4v) is 2.20. The van der Waals surface area contributed by atoms with Crippen LogP contribution in [0.3, 0.4) is 0 Å². The van der Waals surface area contributed by atoms with Gasteiger partial charge < -0.3 is 14.4 Å². The summed E-state index contributed by atoms with van der Waals surface area (Å²) in [6, 6.07) is 0. The molecule has 0 aliphatic carbocycles. The summed E-state index contributed by atoms with van der Waals surface area (Å²) in [5, 5.41) is 0. The highest BCUT2D eigenvalue weighted by molar-refractivity contribution is 5.76. The van der Waals surface area contributed by atoms with Crippen molar-refractivity contribution in [3.05, 3.63) is 0 Å². The molecule has 1 rings (SSSR count). The average Bonchev–Trinajstić information content (AvgIpc) is 2.28. The van der Waals surface area contributed by atoms with E-state index in [9.17, 15) is 4.79 Å². The quantitative estimate of drug-likeness (QED) is 0.681. The minimum Gasteiger partial charge on any atom is -0.469 e. The molecule has 1 aliphatic heterocycles. The van der Waals surface area contributed by atoms with Gasteiger partial charge in [-0.15, -0.1) is 0 Å². The van der Waals surface area contributed by atoms with Gasteiger partial charge in [0.25, 0.3) is 0 Å². The number of esters is 1. The molecule has 4 nitrogen and oxygen atoms in total. The molecule has 0 radical (unpaired) electrons. The normalized spacial score (nSPS) is 19.8. The third-order valence-corrected chi connectivity index (χ3v) is 3.22. The number of carbonyl (C=O) groups is 1. The molecule has 0 amide bonds. The Balaban J connectivity index is 2.41. The smallest absolute Gasteiger partial charge is 0.312 e. The van der Waals surface area contributed by atoms with Crippen molar-refractivity contribution in [3.8, 4) is 0 Å². The molecule has 94 valence electrons. The van der Waals surface area contributed by atoms with Gasteiger partial charge in [0.2, 0.25) is 0 Å². The molecule has 0 aromatic heterocycles. The Hall–Kier alpha value is -0.610. The van der Waals surface area contributed by atoms with E-state index in [0.29, 0.717) is 6.10 Å². The van der Waals surface area contributed by atoms with Crippen LogP contribution in [0.5, 0.6) is 0 Å². The second-order valence-corrected chi connectivity index (χ2v) is 5.09. The van der Waals surface area contributed by atoms with E-state index in [4.69, 9.17) is 9.47 Å². The number of likely N-dealkylation sites (tertiary alicyclic amines) is 1. The Labute approximate surface area is 97.9 Å². The molecule has 16 heavy (non-hydrogen) atoms. The summed E-state index contributed by atoms with van der Waals surface area (Å²) in [7, 11) is 3.21. The van der Waals surface area contributed by atoms with E-state index >= 15 is 0 Å². The molecule has 0 bridgehead atoms. The Morgan fingerprint density at radius 2 is 1.88 bits per heavy atom. The van der Waals surface area contributed by atoms with Gasteiger partial charge in [-0.05, 0) is 26.7 Å². The third kappa shape index (κ3) is 3.46. The number of carbonyl (C=O) groups excluding carboxylic acids is 1. The van der Waals surface area contributed by atoms with E-state index < -0.39 is 5.41 Å². The fourth-order valence-electron chi connectivity index (χ4n) is 2.20. The molecule has 0 spiro atoms. The first-order valence-corrected chi connectivity index (χ1v) is 5.83. The fraction of sp³-hybridized carbons (Fsp3) is 0.917. The van der Waals surface area contributed by atoms with Gasteiger partial charge in [0.1, 0.15) is 0 Å². The van der Waals surface area contributed by atoms with Crippen LogP contribution in [0.1, 0.15) is 26.7 Å². The number of nitrogens with zero attached hydrogens (tertiary/aromatic N) is 1. The van der Waals surface area contributed by atoms with Crippen LogP contribution in [0.15, 0.2) is 0 Å². The molecule has 1 fully saturated rings. The van der Waals surface area contributed by atoms with Crippen LogP contribution in [0.25, 0.3) is 0 Å². The van der Waals surface area contributed by atoms with Crippen molar-refractivity contribution < 1.29 is 14.3 Å². The van der Waals surface area contributed by atoms with Crippen molar-refractivity contribution in [1.29, 1.82) is 0 Å². The molecule has 0 saturated carbocycles. The van der Waals surface area contributed by atoms with Crippen LogP contribution >= 0.6 is 0 Å². The summed E-state index contributed by atoms with van der Waals surface area (Å²) in [5.41, 5.74) is -0.422. The van der Waals surface area contributed by atoms with E-state index in [1.165, 1.54) is 7.11 Å². The molecule has 0 unspecified atom stereocenters. The second kappa shape index (κ2) is 5.64. The molecular weight excluding hydrogens is 206 g/mol. The predicted octanol–water partition coefficient (Wildman–Crippen LogP) is 1.30. The van der Waals surface area contributed by atoms with Crippen LogP contribution in [0, 0.1) is 5.41 Å². The van der Waals surface area contributed by atoms with Crippen molar-refractivity contribution >= 4 is 5.97 Å². The highest BCUT2D eigenvalue weighted by Gasteiger charge is 2.32. The van der Waals surface area contributed by atoms with Crippen LogP contribution < -0.4 is 0 Å². The van der Waals surface area contributed by atoms with E-state index in [2.05, 4.69) is 4.90 Å². The van der Waals surface area contributed by atoms with Crippen LogP contribution in [0.4, 0.5) is 0 Å². The first-order chi connectivity index (χ1) is 7.49. The standard InChI is InChI=1S/C12H23NO3/c1-12(2,11(14)16-4)9-13-7-5-10(15-3)6-8-13/h10H,5-9H2,1-4H3. The first-order valence-electron chi connectivity index (χ1n) is 5.83. The van der Waals surface area contributed by atoms with Gasteiger partial charge in [-0.25, -0.2) is 0 Å². The van der Waals surface area contributed by atoms with Crippen LogP contribution in [-0.4, -0.2) is 50.8 Å². The third-order valence-electron chi connectivity index (χ3n) is 3.22. The zero-order valence-electron chi connectivity index (χ0n) is 10.8. The summed E-state index contributed by atoms with van der Waals surface area (Å²) in [4.78, 5) is 13.9. The number of rotatable bonds is 4. The van der Waals surface area contributed by atoms with Crippen LogP contribution in [-0.2, 0) is 14.3 Å². The van der Waals surface area contributed by atoms with E-state index in [0.717, 1.165) is 32.5 Å². The topological polar surface area (TPSA) is 38.8 Å². The molecule has 1 saturated heterocycles. The van der Waals surface area contributed by atoms with Gasteiger partial charge in [-0.2, -0.15) is 0 Å². The van der Waals surface area contributed by atoms with Crippen molar-refractivity contribution in [1.82, 2.24) is 4.90 Å². The van der Waals surface area contributed by atoms with Crippen molar-refractivity contribution in [2.24, 2.45) is 5.41 Å². The summed E-state index contributed by atoms with van der Waals surface area (Å²) >= 11 is 0. The highest BCUT2D eigenvalue weighted by atomic mass is 16.5. The number of ether oxygens (including phenoxy) is 2. The summed E-state index contributed by atoms with van der Waals surface area (Å²) < 4.78 is 10.1. The minimum atomic E-state index is -0.422. The van der Waals surface area contributed by atoms with Crippen molar-refractivity contribution in [2.45, 2.75) is 32.8 Å². The predicted molar refractivity (Wildman–Crippen MR) is 62.3 cm³/mol. The average molecular weight is 229 g/mol. The molecule has 0 aromatic carbocycles. The first kappa shape index (κ1) is 13.5. The molecule has 0 N–H and O–H groups in total. The maximum absolute atomic E-state index is 11.6. The van der Waals surface area contributed by atoms with Gasteiger partial charge in [0.15, 0.2) is 0 Å². The Bertz CT molecular complexity index is 232. The van der Waals surface area contributed by atoms with Crippen molar-refractivity contribution in [2.75, 3.05) is 33.9 Å². The van der Waals surface area contributed by atoms with Gasteiger partial charge in [-0.3, -0.25) is 4.79 Å². The van der Waals surface area contributed by atoms with E-state index in [1.54, 1.807) is 7.11 Å². The lowest BCUT2D eigenvalue weighted by molar-refractivity contribution is -0.152. The molecule has 4 heteroatoms. The van der Waals surface area contributed by atoms with Gasteiger partial charge >= 0.3 is 5.97 Å². The molecule has 0 aromatic rings. The zero-order valence-corrected chi connectivity index (χ0v) is 10.8. The van der Waals surface area contributed by atoms with Gasteiger partial charge in [-0.1, -0.05) is 0 Å². The summed E-state index contributed by atoms with van der Waals surface area (Å²) in [6.45, 7) is 6.62. The second-order valence-electron chi connectivity index (χ2n) is 5.09. The molecular formula is C12H23NO3. The lowest BCUT2D eigenvalue weighted by Gasteiger charge is -2.35. The Morgan fingerprint density at radius 3 is 2.31 bits per heavy atom. The van der Waals surface area contributed by atoms with Crippen molar-refractivity contribution in [3.63, 3.8) is 0 Å². The van der Waals surface area contributed by atoms with Crippen LogP contribution in [0.2, 0.25) is 0 Å². The Kier molecular flexibility index (Phi) is 4.74. The summed E-state index contributed by atoms with van der Waals surface area (Å²) in [5.74, 6) is -0.138. The number of hydrogen-bond acceptors (Lipinski definition) is 4. The maximum Gasteiger partial charge on any atom is 0.312 e. The van der Waals surface area contributed by atoms with Gasteiger partial charge in [0, 0.05) is 26.7 Å². The van der Waals surface area contributed by atoms with E-state index in [1.807, 2.05) is 13.8 Å². The lowest BCUT2D eigenvalue weighted by Crippen LogP contribution is -2.44. The lowest BCUT2D eigenvalue weighted by atomic mass is 9.92. The number of methoxy groups -OCH3 is 2. The maximum atomic E-state index is 11.6. The number of piperidine rings is 1. The molecule has 0 atom stereocenters. The van der Waals surface area contributed by atoms with Gasteiger partial charge in [0.05, 0.1) is 18.6 Å². The largest absolute Gasteiger partial charge is 0.469 e. The highest BCUT2D eigenvalue weighted by Crippen LogP contribution is 2.22. The van der Waals surface area contributed by atoms with E-state index in [-0.39, 0.29) is 5.97 Å². The molecule has 1 heterocycles. The Morgan fingerprint density at radius 1 is 1.31 bits per heavy atom. The molecule has 1 aliphatic rings.